The van der Waals surface area contributed by atoms with Crippen molar-refractivity contribution in [2.45, 2.75) is 6.42 Å². The highest BCUT2D eigenvalue weighted by Gasteiger charge is 2.08. The van der Waals surface area contributed by atoms with Crippen LogP contribution in [0.25, 0.3) is 11.3 Å². The first-order valence-electron chi connectivity index (χ1n) is 10.2. The molecule has 3 heterocycles. The van der Waals surface area contributed by atoms with Gasteiger partial charge in [-0.3, -0.25) is 4.98 Å². The van der Waals surface area contributed by atoms with Crippen molar-refractivity contribution in [3.8, 4) is 11.3 Å². The van der Waals surface area contributed by atoms with Crippen LogP contribution < -0.4 is 16.0 Å². The molecule has 0 unspecified atom stereocenters. The molecule has 1 aliphatic rings. The molecule has 0 atom stereocenters. The zero-order valence-corrected chi connectivity index (χ0v) is 16.5. The minimum absolute atomic E-state index is 0.579. The molecular formula is C22H27N7. The summed E-state index contributed by atoms with van der Waals surface area (Å²) in [6, 6.07) is 15.9. The van der Waals surface area contributed by atoms with Gasteiger partial charge in [-0.05, 0) is 43.3 Å². The third-order valence-corrected chi connectivity index (χ3v) is 4.90. The van der Waals surface area contributed by atoms with Crippen molar-refractivity contribution >= 4 is 17.5 Å². The molecule has 2 aromatic heterocycles. The van der Waals surface area contributed by atoms with E-state index in [0.717, 1.165) is 68.5 Å². The van der Waals surface area contributed by atoms with E-state index in [1.807, 2.05) is 42.5 Å². The molecule has 29 heavy (non-hydrogen) atoms. The Morgan fingerprint density at radius 2 is 1.90 bits per heavy atom. The molecule has 4 rings (SSSR count). The molecule has 1 aromatic carbocycles. The number of piperazine rings is 1. The van der Waals surface area contributed by atoms with Crippen LogP contribution in [-0.4, -0.2) is 59.1 Å². The second-order valence-corrected chi connectivity index (χ2v) is 7.06. The van der Waals surface area contributed by atoms with Crippen LogP contribution in [0.5, 0.6) is 0 Å². The highest BCUT2D eigenvalue weighted by atomic mass is 15.2. The Hall–Kier alpha value is -3.03. The summed E-state index contributed by atoms with van der Waals surface area (Å²) in [5.41, 5.74) is 2.93. The number of nitrogens with one attached hydrogen (secondary N) is 3. The van der Waals surface area contributed by atoms with Crippen LogP contribution in [0.4, 0.5) is 17.5 Å². The predicted molar refractivity (Wildman–Crippen MR) is 117 cm³/mol. The largest absolute Gasteiger partial charge is 0.370 e. The Morgan fingerprint density at radius 3 is 2.76 bits per heavy atom. The summed E-state index contributed by atoms with van der Waals surface area (Å²) in [4.78, 5) is 15.8. The Labute approximate surface area is 171 Å². The molecule has 0 radical (unpaired) electrons. The normalized spacial score (nSPS) is 14.5. The lowest BCUT2D eigenvalue weighted by Crippen LogP contribution is -2.44. The maximum atomic E-state index is 4.58. The van der Waals surface area contributed by atoms with E-state index in [1.54, 1.807) is 12.4 Å². The number of nitrogens with zero attached hydrogens (tertiary/aromatic N) is 4. The van der Waals surface area contributed by atoms with Gasteiger partial charge in [0.25, 0.3) is 0 Å². The van der Waals surface area contributed by atoms with Gasteiger partial charge < -0.3 is 20.9 Å². The van der Waals surface area contributed by atoms with Gasteiger partial charge in [-0.25, -0.2) is 4.98 Å². The summed E-state index contributed by atoms with van der Waals surface area (Å²) < 4.78 is 0. The molecule has 0 bridgehead atoms. The average molecular weight is 390 g/mol. The van der Waals surface area contributed by atoms with Crippen LogP contribution in [0.3, 0.4) is 0 Å². The number of anilines is 3. The maximum Gasteiger partial charge on any atom is 0.229 e. The lowest BCUT2D eigenvalue weighted by atomic mass is 10.1. The molecule has 3 aromatic rings. The first-order chi connectivity index (χ1) is 14.4. The van der Waals surface area contributed by atoms with Gasteiger partial charge in [0.15, 0.2) is 0 Å². The number of hydrogen-bond acceptors (Lipinski definition) is 7. The molecule has 7 heteroatoms. The molecule has 0 aliphatic carbocycles. The first kappa shape index (κ1) is 19.3. The van der Waals surface area contributed by atoms with Gasteiger partial charge in [0.05, 0.1) is 5.69 Å². The van der Waals surface area contributed by atoms with E-state index in [9.17, 15) is 0 Å². The molecule has 0 spiro atoms. The van der Waals surface area contributed by atoms with Crippen molar-refractivity contribution in [1.29, 1.82) is 0 Å². The van der Waals surface area contributed by atoms with Crippen molar-refractivity contribution in [3.63, 3.8) is 0 Å². The Kier molecular flexibility index (Phi) is 6.62. The number of rotatable bonds is 8. The summed E-state index contributed by atoms with van der Waals surface area (Å²) in [6.45, 7) is 6.48. The van der Waals surface area contributed by atoms with Crippen LogP contribution >= 0.6 is 0 Å². The first-order valence-corrected chi connectivity index (χ1v) is 10.2. The molecule has 3 N–H and O–H groups in total. The molecule has 1 saturated heterocycles. The number of hydrogen-bond donors (Lipinski definition) is 3. The smallest absolute Gasteiger partial charge is 0.229 e. The van der Waals surface area contributed by atoms with Crippen LogP contribution in [0.15, 0.2) is 60.9 Å². The lowest BCUT2D eigenvalue weighted by Gasteiger charge is -2.27. The standard InChI is InChI=1S/C22H27N7/c1-2-9-24-20(7-1)18-5-3-6-19(17-18)27-22-26-11-8-21(28-22)25-10-4-14-29-15-12-23-13-16-29/h1-3,5-9,11,17,23H,4,10,12-16H2,(H2,25,26,27,28). The number of aromatic nitrogens is 3. The van der Waals surface area contributed by atoms with Crippen molar-refractivity contribution in [2.75, 3.05) is 49.9 Å². The lowest BCUT2D eigenvalue weighted by molar-refractivity contribution is 0.240. The van der Waals surface area contributed by atoms with Crippen LogP contribution in [-0.2, 0) is 0 Å². The summed E-state index contributed by atoms with van der Waals surface area (Å²) in [5, 5.41) is 10.1. The van der Waals surface area contributed by atoms with Gasteiger partial charge in [0.2, 0.25) is 5.95 Å². The van der Waals surface area contributed by atoms with E-state index in [-0.39, 0.29) is 0 Å². The highest BCUT2D eigenvalue weighted by molar-refractivity contribution is 5.67. The zero-order chi connectivity index (χ0) is 19.7. The molecule has 7 nitrogen and oxygen atoms in total. The topological polar surface area (TPSA) is 78.0 Å². The van der Waals surface area contributed by atoms with E-state index < -0.39 is 0 Å². The predicted octanol–water partition coefficient (Wildman–Crippen LogP) is 2.99. The number of pyridine rings is 1. The monoisotopic (exact) mass is 389 g/mol. The number of benzene rings is 1. The third-order valence-electron chi connectivity index (χ3n) is 4.90. The second-order valence-electron chi connectivity index (χ2n) is 7.06. The van der Waals surface area contributed by atoms with Crippen molar-refractivity contribution in [3.05, 3.63) is 60.9 Å². The molecular weight excluding hydrogens is 362 g/mol. The highest BCUT2D eigenvalue weighted by Crippen LogP contribution is 2.22. The molecule has 0 amide bonds. The van der Waals surface area contributed by atoms with Crippen molar-refractivity contribution in [2.24, 2.45) is 0 Å². The maximum absolute atomic E-state index is 4.58. The molecule has 1 aliphatic heterocycles. The molecule has 1 fully saturated rings. The molecule has 150 valence electrons. The van der Waals surface area contributed by atoms with E-state index in [4.69, 9.17) is 0 Å². The average Bonchev–Trinajstić information content (AvgIpc) is 2.79. The summed E-state index contributed by atoms with van der Waals surface area (Å²) in [6.07, 6.45) is 4.67. The van der Waals surface area contributed by atoms with E-state index in [0.29, 0.717) is 5.95 Å². The minimum atomic E-state index is 0.579. The van der Waals surface area contributed by atoms with Gasteiger partial charge in [-0.15, -0.1) is 0 Å². The zero-order valence-electron chi connectivity index (χ0n) is 16.5. The summed E-state index contributed by atoms with van der Waals surface area (Å²) in [7, 11) is 0. The minimum Gasteiger partial charge on any atom is -0.370 e. The Morgan fingerprint density at radius 1 is 0.966 bits per heavy atom. The fourth-order valence-corrected chi connectivity index (χ4v) is 3.39. The van der Waals surface area contributed by atoms with Crippen LogP contribution in [0.1, 0.15) is 6.42 Å². The van der Waals surface area contributed by atoms with E-state index in [1.165, 1.54) is 0 Å². The third kappa shape index (κ3) is 5.73. The van der Waals surface area contributed by atoms with Crippen LogP contribution in [0, 0.1) is 0 Å². The fourth-order valence-electron chi connectivity index (χ4n) is 3.39. The fraction of sp³-hybridized carbons (Fsp3) is 0.318. The van der Waals surface area contributed by atoms with Crippen molar-refractivity contribution < 1.29 is 0 Å². The summed E-state index contributed by atoms with van der Waals surface area (Å²) >= 11 is 0. The van der Waals surface area contributed by atoms with Gasteiger partial charge in [-0.2, -0.15) is 4.98 Å². The van der Waals surface area contributed by atoms with Gasteiger partial charge in [-0.1, -0.05) is 18.2 Å². The Balaban J connectivity index is 1.32. The SMILES string of the molecule is c1ccc(-c2cccc(Nc3nccc(NCCCN4CCNCC4)n3)c2)nc1. The van der Waals surface area contributed by atoms with E-state index >= 15 is 0 Å². The Bertz CT molecular complexity index is 894. The van der Waals surface area contributed by atoms with Crippen molar-refractivity contribution in [1.82, 2.24) is 25.2 Å². The molecule has 0 saturated carbocycles. The van der Waals surface area contributed by atoms with Crippen LogP contribution in [0.2, 0.25) is 0 Å². The summed E-state index contributed by atoms with van der Waals surface area (Å²) in [5.74, 6) is 1.42. The second kappa shape index (κ2) is 9.95. The van der Waals surface area contributed by atoms with Gasteiger partial charge >= 0.3 is 0 Å². The van der Waals surface area contributed by atoms with E-state index in [2.05, 4.69) is 41.9 Å². The van der Waals surface area contributed by atoms with Gasteiger partial charge in [0, 0.05) is 56.4 Å². The quantitative estimate of drug-likeness (QED) is 0.511. The van der Waals surface area contributed by atoms with Gasteiger partial charge in [0.1, 0.15) is 5.82 Å².